The van der Waals surface area contributed by atoms with Gasteiger partial charge in [0.1, 0.15) is 0 Å². The molecule has 3 aliphatic carbocycles. The van der Waals surface area contributed by atoms with Gasteiger partial charge in [-0.25, -0.2) is 0 Å². The minimum atomic E-state index is -0.0131. The summed E-state index contributed by atoms with van der Waals surface area (Å²) in [6, 6.07) is 53.0. The average molecular weight is 874 g/mol. The molecular weight excluding hydrogens is 810 g/mol. The highest BCUT2D eigenvalue weighted by Gasteiger charge is 2.63. The van der Waals surface area contributed by atoms with Crippen LogP contribution in [-0.2, 0) is 36.5 Å². The molecule has 1 fully saturated rings. The fraction of sp³-hybridized carbons (Fsp3) is 0.333. The molecule has 4 heteroatoms. The maximum atomic E-state index is 2.73. The van der Waals surface area contributed by atoms with Gasteiger partial charge in [0.25, 0.3) is 6.71 Å². The third kappa shape index (κ3) is 5.84. The minimum Gasteiger partial charge on any atom is -0.334 e. The van der Waals surface area contributed by atoms with Crippen molar-refractivity contribution in [1.82, 2.24) is 0 Å². The maximum Gasteiger partial charge on any atom is 0.252 e. The fourth-order valence-corrected chi connectivity index (χ4v) is 14.1. The van der Waals surface area contributed by atoms with E-state index in [9.17, 15) is 0 Å². The summed E-state index contributed by atoms with van der Waals surface area (Å²) in [7, 11) is 0. The van der Waals surface area contributed by atoms with E-state index in [-0.39, 0.29) is 33.9 Å². The SMILES string of the molecule is Cc1cc2c3c(c1)N(c1ccc(C(C)(C)C)cc1-c1ccccc1)c1cc(N4c5ccccc5C5(C)CCC45C)ccc1B3c1cc3c(cc1N2c1ccc2c(c1)CC(C)(C)C2)CC(C)(C)C3. The van der Waals surface area contributed by atoms with Crippen LogP contribution in [-0.4, -0.2) is 12.3 Å². The largest absolute Gasteiger partial charge is 0.334 e. The molecule has 2 atom stereocenters. The Bertz CT molecular complexity index is 3260. The Morgan fingerprint density at radius 2 is 1.13 bits per heavy atom. The molecule has 0 amide bonds. The van der Waals surface area contributed by atoms with Crippen molar-refractivity contribution in [2.45, 2.75) is 124 Å². The van der Waals surface area contributed by atoms with Crippen molar-refractivity contribution in [2.75, 3.05) is 14.7 Å². The highest BCUT2D eigenvalue weighted by atomic mass is 15.3. The van der Waals surface area contributed by atoms with Crippen LogP contribution in [0.5, 0.6) is 0 Å². The molecule has 1 saturated carbocycles. The first-order valence-corrected chi connectivity index (χ1v) is 25.2. The van der Waals surface area contributed by atoms with E-state index in [1.54, 1.807) is 0 Å². The molecule has 0 bridgehead atoms. The molecule has 67 heavy (non-hydrogen) atoms. The Labute approximate surface area is 400 Å². The van der Waals surface area contributed by atoms with Gasteiger partial charge in [-0.05, 0) is 190 Å². The molecule has 0 saturated heterocycles. The Kier molecular flexibility index (Phi) is 8.36. The summed E-state index contributed by atoms with van der Waals surface area (Å²) in [5.74, 6) is 0. The molecule has 3 aliphatic heterocycles. The van der Waals surface area contributed by atoms with Crippen molar-refractivity contribution in [3.05, 3.63) is 172 Å². The summed E-state index contributed by atoms with van der Waals surface area (Å²) >= 11 is 0. The van der Waals surface area contributed by atoms with E-state index in [2.05, 4.69) is 217 Å². The summed E-state index contributed by atoms with van der Waals surface area (Å²) in [6.45, 7) is 24.2. The van der Waals surface area contributed by atoms with Gasteiger partial charge < -0.3 is 14.7 Å². The summed E-state index contributed by atoms with van der Waals surface area (Å²) in [6.07, 6.45) is 6.84. The molecule has 13 rings (SSSR count). The fourth-order valence-electron chi connectivity index (χ4n) is 14.1. The Balaban J connectivity index is 1.11. The van der Waals surface area contributed by atoms with Crippen LogP contribution in [0.4, 0.5) is 45.5 Å². The number of rotatable bonds is 4. The van der Waals surface area contributed by atoms with Crippen molar-refractivity contribution in [1.29, 1.82) is 0 Å². The van der Waals surface area contributed by atoms with E-state index in [4.69, 9.17) is 0 Å². The molecule has 3 heterocycles. The first-order chi connectivity index (χ1) is 31.9. The van der Waals surface area contributed by atoms with Crippen molar-refractivity contribution in [3.8, 4) is 11.1 Å². The number of hydrogen-bond acceptors (Lipinski definition) is 3. The Hall–Kier alpha value is -6.00. The number of nitrogens with zero attached hydrogens (tertiary/aromatic N) is 3. The van der Waals surface area contributed by atoms with Crippen LogP contribution in [0, 0.1) is 17.8 Å². The minimum absolute atomic E-state index is 0.00792. The Morgan fingerprint density at radius 3 is 1.85 bits per heavy atom. The average Bonchev–Trinajstić information content (AvgIpc) is 3.82. The lowest BCUT2D eigenvalue weighted by atomic mass is 9.33. The molecule has 7 aromatic rings. The number of anilines is 8. The molecule has 0 spiro atoms. The standard InChI is InChI=1S/C63H64BN3/c1-39-28-56-58-57(29-39)66(52-25-21-45(59(2,3)4)33-48(52)40-16-12-11-13-17-40)55-34-47(67-53-19-15-14-18-49(53)62(9)26-27-63(62,67)10)23-24-50(55)64(58)51-31-43-37-61(7,8)38-44(43)32-54(51)65(56)46-22-20-41-35-60(5,6)36-42(41)30-46/h11-25,28-34H,26-27,35-38H2,1-10H3. The van der Waals surface area contributed by atoms with Gasteiger partial charge in [-0.2, -0.15) is 0 Å². The van der Waals surface area contributed by atoms with Crippen molar-refractivity contribution < 1.29 is 0 Å². The third-order valence-corrected chi connectivity index (χ3v) is 17.6. The normalized spacial score (nSPS) is 22.1. The van der Waals surface area contributed by atoms with Crippen LogP contribution in [0.3, 0.4) is 0 Å². The van der Waals surface area contributed by atoms with Gasteiger partial charge in [0.15, 0.2) is 0 Å². The lowest BCUT2D eigenvalue weighted by molar-refractivity contribution is 0.133. The quantitative estimate of drug-likeness (QED) is 0.163. The summed E-state index contributed by atoms with van der Waals surface area (Å²) in [4.78, 5) is 8.08. The molecule has 2 unspecified atom stereocenters. The summed E-state index contributed by atoms with van der Waals surface area (Å²) in [5, 5.41) is 0. The molecule has 0 aromatic heterocycles. The molecule has 0 N–H and O–H groups in total. The van der Waals surface area contributed by atoms with E-state index >= 15 is 0 Å². The highest BCUT2D eigenvalue weighted by molar-refractivity contribution is 7.00. The van der Waals surface area contributed by atoms with Gasteiger partial charge in [0.2, 0.25) is 0 Å². The number of hydrogen-bond donors (Lipinski definition) is 0. The second-order valence-corrected chi connectivity index (χ2v) is 24.5. The number of benzene rings is 7. The first kappa shape index (κ1) is 41.2. The van der Waals surface area contributed by atoms with Crippen molar-refractivity contribution in [3.63, 3.8) is 0 Å². The number of aryl methyl sites for hydroxylation is 1. The van der Waals surface area contributed by atoms with Crippen LogP contribution >= 0.6 is 0 Å². The van der Waals surface area contributed by atoms with Gasteiger partial charge in [0, 0.05) is 50.8 Å². The molecule has 334 valence electrons. The van der Waals surface area contributed by atoms with Gasteiger partial charge in [0.05, 0.1) is 11.2 Å². The van der Waals surface area contributed by atoms with Gasteiger partial charge in [-0.3, -0.25) is 0 Å². The second kappa shape index (κ2) is 13.6. The third-order valence-electron chi connectivity index (χ3n) is 17.6. The Morgan fingerprint density at radius 1 is 0.493 bits per heavy atom. The maximum absolute atomic E-state index is 2.73. The summed E-state index contributed by atoms with van der Waals surface area (Å²) in [5.41, 5.74) is 27.8. The van der Waals surface area contributed by atoms with Crippen LogP contribution < -0.4 is 31.1 Å². The van der Waals surface area contributed by atoms with Crippen LogP contribution in [0.25, 0.3) is 11.1 Å². The first-order valence-electron chi connectivity index (χ1n) is 25.2. The van der Waals surface area contributed by atoms with Crippen LogP contribution in [0.1, 0.15) is 114 Å². The van der Waals surface area contributed by atoms with E-state index < -0.39 is 0 Å². The number of para-hydroxylation sites is 1. The van der Waals surface area contributed by atoms with Gasteiger partial charge in [-0.1, -0.05) is 128 Å². The molecule has 0 radical (unpaired) electrons. The predicted molar refractivity (Wildman–Crippen MR) is 285 cm³/mol. The summed E-state index contributed by atoms with van der Waals surface area (Å²) < 4.78 is 0. The predicted octanol–water partition coefficient (Wildman–Crippen LogP) is 14.3. The van der Waals surface area contributed by atoms with Crippen molar-refractivity contribution >= 4 is 68.6 Å². The van der Waals surface area contributed by atoms with Crippen molar-refractivity contribution in [2.24, 2.45) is 10.8 Å². The van der Waals surface area contributed by atoms with Crippen LogP contribution in [0.15, 0.2) is 133 Å². The lowest BCUT2D eigenvalue weighted by Gasteiger charge is -2.56. The smallest absolute Gasteiger partial charge is 0.252 e. The van der Waals surface area contributed by atoms with E-state index in [1.807, 2.05) is 0 Å². The van der Waals surface area contributed by atoms with Gasteiger partial charge >= 0.3 is 0 Å². The monoisotopic (exact) mass is 874 g/mol. The van der Waals surface area contributed by atoms with E-state index in [0.29, 0.717) is 0 Å². The van der Waals surface area contributed by atoms with E-state index in [0.717, 1.165) is 25.7 Å². The molecule has 6 aliphatic rings. The lowest BCUT2D eigenvalue weighted by Crippen LogP contribution is -2.62. The molecule has 7 aromatic carbocycles. The zero-order chi connectivity index (χ0) is 46.2. The van der Waals surface area contributed by atoms with E-state index in [1.165, 1.54) is 125 Å². The second-order valence-electron chi connectivity index (χ2n) is 24.5. The molecular formula is C63H64BN3. The van der Waals surface area contributed by atoms with Gasteiger partial charge in [-0.15, -0.1) is 0 Å². The van der Waals surface area contributed by atoms with Crippen LogP contribution in [0.2, 0.25) is 0 Å². The topological polar surface area (TPSA) is 9.72 Å². The molecule has 3 nitrogen and oxygen atoms in total. The highest BCUT2D eigenvalue weighted by Crippen LogP contribution is 2.65. The zero-order valence-corrected chi connectivity index (χ0v) is 41.4. The zero-order valence-electron chi connectivity index (χ0n) is 41.4. The number of fused-ring (bicyclic) bond motifs is 9.